The predicted octanol–water partition coefficient (Wildman–Crippen LogP) is 2.24. The second kappa shape index (κ2) is 7.49. The van der Waals surface area contributed by atoms with Crippen molar-refractivity contribution < 1.29 is 17.9 Å². The molecule has 0 unspecified atom stereocenters. The minimum atomic E-state index is -3.64. The molecule has 1 fully saturated rings. The first-order valence-electron chi connectivity index (χ1n) is 8.41. The maximum absolute atomic E-state index is 12.4. The Morgan fingerprint density at radius 1 is 1.37 bits per heavy atom. The lowest BCUT2D eigenvalue weighted by Crippen LogP contribution is -2.26. The van der Waals surface area contributed by atoms with Gasteiger partial charge in [-0.3, -0.25) is 9.48 Å². The molecule has 1 aliphatic carbocycles. The zero-order valence-corrected chi connectivity index (χ0v) is 16.8. The molecule has 0 atom stereocenters. The lowest BCUT2D eigenvalue weighted by atomic mass is 10.3. The number of hydrogen-bond acceptors (Lipinski definition) is 5. The highest BCUT2D eigenvalue weighted by Gasteiger charge is 2.28. The van der Waals surface area contributed by atoms with E-state index in [-0.39, 0.29) is 29.1 Å². The second-order valence-corrected chi connectivity index (χ2v) is 8.54. The number of halogens is 1. The van der Waals surface area contributed by atoms with Crippen molar-refractivity contribution in [3.05, 3.63) is 34.6 Å². The Morgan fingerprint density at radius 2 is 2.07 bits per heavy atom. The SMILES string of the molecule is COc1ccc(S(=O)(=O)NC2CC2)cc1NC(=O)Cn1nc(C)c(Cl)c1C. The van der Waals surface area contributed by atoms with Crippen LogP contribution >= 0.6 is 11.6 Å². The number of hydrogen-bond donors (Lipinski definition) is 2. The van der Waals surface area contributed by atoms with Crippen molar-refractivity contribution in [1.29, 1.82) is 0 Å². The van der Waals surface area contributed by atoms with Gasteiger partial charge in [-0.1, -0.05) is 11.6 Å². The molecular weight excluding hydrogens is 392 g/mol. The van der Waals surface area contributed by atoms with Gasteiger partial charge in [-0.15, -0.1) is 0 Å². The Labute approximate surface area is 162 Å². The topological polar surface area (TPSA) is 102 Å². The van der Waals surface area contributed by atoms with Crippen LogP contribution in [-0.4, -0.2) is 37.3 Å². The summed E-state index contributed by atoms with van der Waals surface area (Å²) in [5, 5.41) is 7.42. The molecule has 1 aromatic carbocycles. The monoisotopic (exact) mass is 412 g/mol. The van der Waals surface area contributed by atoms with E-state index >= 15 is 0 Å². The van der Waals surface area contributed by atoms with Gasteiger partial charge in [0.1, 0.15) is 12.3 Å². The minimum Gasteiger partial charge on any atom is -0.495 e. The number of amides is 1. The summed E-state index contributed by atoms with van der Waals surface area (Å²) in [4.78, 5) is 12.5. The van der Waals surface area contributed by atoms with Crippen molar-refractivity contribution in [2.75, 3.05) is 12.4 Å². The van der Waals surface area contributed by atoms with E-state index in [1.807, 2.05) is 0 Å². The molecule has 1 saturated carbocycles. The van der Waals surface area contributed by atoms with E-state index in [0.29, 0.717) is 22.2 Å². The first kappa shape index (κ1) is 19.7. The number of carbonyl (C=O) groups is 1. The standard InChI is InChI=1S/C17H21ClN4O4S/c1-10-17(18)11(2)22(20-10)9-16(23)19-14-8-13(6-7-15(14)26-3)27(24,25)21-12-4-5-12/h6-8,12,21H,4-5,9H2,1-3H3,(H,19,23). The van der Waals surface area contributed by atoms with Crippen LogP contribution in [0, 0.1) is 13.8 Å². The molecular formula is C17H21ClN4O4S. The van der Waals surface area contributed by atoms with Crippen molar-refractivity contribution in [2.45, 2.75) is 44.2 Å². The van der Waals surface area contributed by atoms with Crippen LogP contribution in [0.25, 0.3) is 0 Å². The third-order valence-corrected chi connectivity index (χ3v) is 6.31. The minimum absolute atomic E-state index is 0.00841. The molecule has 0 aliphatic heterocycles. The summed E-state index contributed by atoms with van der Waals surface area (Å²) in [5.74, 6) is -0.0135. The lowest BCUT2D eigenvalue weighted by molar-refractivity contribution is -0.117. The van der Waals surface area contributed by atoms with Gasteiger partial charge in [-0.05, 0) is 44.9 Å². The molecule has 1 amide bonds. The Kier molecular flexibility index (Phi) is 5.45. The third-order valence-electron chi connectivity index (χ3n) is 4.24. The summed E-state index contributed by atoms with van der Waals surface area (Å²) in [7, 11) is -2.19. The van der Waals surface area contributed by atoms with Crippen molar-refractivity contribution in [3.8, 4) is 5.75 Å². The third kappa shape index (κ3) is 4.42. The molecule has 0 radical (unpaired) electrons. The summed E-state index contributed by atoms with van der Waals surface area (Å²) in [5.41, 5.74) is 1.59. The number of nitrogens with one attached hydrogen (secondary N) is 2. The van der Waals surface area contributed by atoms with Crippen LogP contribution in [0.4, 0.5) is 5.69 Å². The number of rotatable bonds is 7. The summed E-state index contributed by atoms with van der Waals surface area (Å²) >= 11 is 6.10. The molecule has 1 aromatic heterocycles. The first-order valence-corrected chi connectivity index (χ1v) is 10.3. The molecule has 0 bridgehead atoms. The summed E-state index contributed by atoms with van der Waals surface area (Å²) in [6, 6.07) is 4.33. The van der Waals surface area contributed by atoms with Gasteiger partial charge in [0.15, 0.2) is 0 Å². The van der Waals surface area contributed by atoms with Crippen LogP contribution in [0.1, 0.15) is 24.2 Å². The molecule has 27 heavy (non-hydrogen) atoms. The van der Waals surface area contributed by atoms with Crippen LogP contribution in [0.3, 0.4) is 0 Å². The Balaban J connectivity index is 1.80. The normalized spacial score (nSPS) is 14.2. The smallest absolute Gasteiger partial charge is 0.246 e. The Morgan fingerprint density at radius 3 is 2.63 bits per heavy atom. The molecule has 2 aromatic rings. The van der Waals surface area contributed by atoms with Crippen molar-refractivity contribution in [3.63, 3.8) is 0 Å². The molecule has 0 spiro atoms. The van der Waals surface area contributed by atoms with Gasteiger partial charge in [0.25, 0.3) is 0 Å². The molecule has 3 rings (SSSR count). The zero-order chi connectivity index (χ0) is 19.8. The van der Waals surface area contributed by atoms with Crippen LogP contribution < -0.4 is 14.8 Å². The highest BCUT2D eigenvalue weighted by atomic mass is 35.5. The van der Waals surface area contributed by atoms with Gasteiger partial charge in [0, 0.05) is 6.04 Å². The Hall–Kier alpha value is -2.10. The highest BCUT2D eigenvalue weighted by Crippen LogP contribution is 2.29. The van der Waals surface area contributed by atoms with E-state index < -0.39 is 10.0 Å². The molecule has 2 N–H and O–H groups in total. The fourth-order valence-corrected chi connectivity index (χ4v) is 4.06. The highest BCUT2D eigenvalue weighted by molar-refractivity contribution is 7.89. The van der Waals surface area contributed by atoms with E-state index in [1.54, 1.807) is 13.8 Å². The number of aromatic nitrogens is 2. The average molecular weight is 413 g/mol. The number of carbonyl (C=O) groups excluding carboxylic acids is 1. The summed E-state index contributed by atoms with van der Waals surface area (Å²) < 4.78 is 34.1. The van der Waals surface area contributed by atoms with Crippen molar-refractivity contribution in [2.24, 2.45) is 0 Å². The van der Waals surface area contributed by atoms with E-state index in [2.05, 4.69) is 15.1 Å². The summed E-state index contributed by atoms with van der Waals surface area (Å²) in [6.07, 6.45) is 1.67. The second-order valence-electron chi connectivity index (χ2n) is 6.45. The number of methoxy groups -OCH3 is 1. The zero-order valence-electron chi connectivity index (χ0n) is 15.2. The van der Waals surface area contributed by atoms with Crippen LogP contribution in [0.5, 0.6) is 5.75 Å². The van der Waals surface area contributed by atoms with E-state index in [4.69, 9.17) is 16.3 Å². The number of anilines is 1. The lowest BCUT2D eigenvalue weighted by Gasteiger charge is -2.13. The molecule has 8 nitrogen and oxygen atoms in total. The van der Waals surface area contributed by atoms with Crippen molar-refractivity contribution in [1.82, 2.24) is 14.5 Å². The van der Waals surface area contributed by atoms with Crippen LogP contribution in [-0.2, 0) is 21.4 Å². The molecule has 10 heteroatoms. The van der Waals surface area contributed by atoms with Gasteiger partial charge in [-0.2, -0.15) is 5.10 Å². The van der Waals surface area contributed by atoms with Gasteiger partial charge in [-0.25, -0.2) is 13.1 Å². The van der Waals surface area contributed by atoms with Gasteiger partial charge in [0.05, 0.1) is 34.1 Å². The van der Waals surface area contributed by atoms with E-state index in [1.165, 1.54) is 30.0 Å². The van der Waals surface area contributed by atoms with Crippen LogP contribution in [0.2, 0.25) is 5.02 Å². The largest absolute Gasteiger partial charge is 0.495 e. The predicted molar refractivity (Wildman–Crippen MR) is 102 cm³/mol. The van der Waals surface area contributed by atoms with Gasteiger partial charge < -0.3 is 10.1 Å². The number of benzene rings is 1. The number of aryl methyl sites for hydroxylation is 1. The first-order chi connectivity index (χ1) is 12.7. The number of nitrogens with zero attached hydrogens (tertiary/aromatic N) is 2. The Bertz CT molecular complexity index is 983. The van der Waals surface area contributed by atoms with Crippen LogP contribution in [0.15, 0.2) is 23.1 Å². The molecule has 1 aliphatic rings. The average Bonchev–Trinajstić information content (AvgIpc) is 3.38. The fraction of sp³-hybridized carbons (Fsp3) is 0.412. The molecule has 146 valence electrons. The van der Waals surface area contributed by atoms with E-state index in [9.17, 15) is 13.2 Å². The quantitative estimate of drug-likeness (QED) is 0.726. The number of ether oxygens (including phenoxy) is 1. The molecule has 0 saturated heterocycles. The maximum atomic E-state index is 12.4. The molecule has 1 heterocycles. The maximum Gasteiger partial charge on any atom is 0.246 e. The van der Waals surface area contributed by atoms with Crippen molar-refractivity contribution >= 4 is 33.2 Å². The van der Waals surface area contributed by atoms with Gasteiger partial charge in [0.2, 0.25) is 15.9 Å². The summed E-state index contributed by atoms with van der Waals surface area (Å²) in [6.45, 7) is 3.47. The van der Waals surface area contributed by atoms with Gasteiger partial charge >= 0.3 is 0 Å². The van der Waals surface area contributed by atoms with E-state index in [0.717, 1.165) is 12.8 Å². The number of sulfonamides is 1. The fourth-order valence-electron chi connectivity index (χ4n) is 2.60.